The lowest BCUT2D eigenvalue weighted by Crippen LogP contribution is -2.39. The molecule has 0 bridgehead atoms. The van der Waals surface area contributed by atoms with E-state index < -0.39 is 0 Å². The largest absolute Gasteiger partial charge is 0.357 e. The van der Waals surface area contributed by atoms with Crippen molar-refractivity contribution in [3.8, 4) is 0 Å². The van der Waals surface area contributed by atoms with Crippen molar-refractivity contribution in [1.29, 1.82) is 0 Å². The van der Waals surface area contributed by atoms with Gasteiger partial charge in [-0.25, -0.2) is 0 Å². The standard InChI is InChI=1S/C20H28ClN5.HI/c1-4-22-20(23-9-6-10-26-15(3)11-14(2)25-26)24-19-13-18(19)16-7-5-8-17(21)12-16;/h5,7-8,11-12,18-19H,4,6,9-10,13H2,1-3H3,(H2,22,23,24);1H. The van der Waals surface area contributed by atoms with E-state index in [0.29, 0.717) is 12.0 Å². The smallest absolute Gasteiger partial charge is 0.191 e. The maximum atomic E-state index is 6.10. The highest BCUT2D eigenvalue weighted by atomic mass is 127. The molecule has 7 heteroatoms. The first-order valence-corrected chi connectivity index (χ1v) is 9.76. The van der Waals surface area contributed by atoms with Gasteiger partial charge in [0.2, 0.25) is 0 Å². The molecule has 148 valence electrons. The Morgan fingerprint density at radius 1 is 1.33 bits per heavy atom. The number of aromatic nitrogens is 2. The van der Waals surface area contributed by atoms with Crippen molar-refractivity contribution in [2.24, 2.45) is 4.99 Å². The fourth-order valence-electron chi connectivity index (χ4n) is 3.27. The lowest BCUT2D eigenvalue weighted by atomic mass is 10.1. The number of aryl methyl sites for hydroxylation is 3. The van der Waals surface area contributed by atoms with Gasteiger partial charge >= 0.3 is 0 Å². The molecule has 1 aromatic carbocycles. The van der Waals surface area contributed by atoms with Crippen LogP contribution in [0.4, 0.5) is 0 Å². The third kappa shape index (κ3) is 6.38. The predicted molar refractivity (Wildman–Crippen MR) is 123 cm³/mol. The molecule has 27 heavy (non-hydrogen) atoms. The molecular weight excluding hydrogens is 473 g/mol. The van der Waals surface area contributed by atoms with Gasteiger partial charge in [0.05, 0.1) is 5.69 Å². The Bertz CT molecular complexity index is 773. The van der Waals surface area contributed by atoms with Crippen LogP contribution < -0.4 is 10.6 Å². The zero-order valence-electron chi connectivity index (χ0n) is 16.2. The lowest BCUT2D eigenvalue weighted by molar-refractivity contribution is 0.567. The molecule has 1 fully saturated rings. The summed E-state index contributed by atoms with van der Waals surface area (Å²) in [6, 6.07) is 10.7. The number of benzene rings is 1. The number of hydrogen-bond donors (Lipinski definition) is 2. The number of hydrogen-bond acceptors (Lipinski definition) is 2. The molecular formula is C20H29ClIN5. The van der Waals surface area contributed by atoms with Gasteiger partial charge in [0.1, 0.15) is 0 Å². The molecule has 2 N–H and O–H groups in total. The van der Waals surface area contributed by atoms with Crippen LogP contribution in [-0.2, 0) is 6.54 Å². The minimum absolute atomic E-state index is 0. The summed E-state index contributed by atoms with van der Waals surface area (Å²) in [5.74, 6) is 1.42. The number of rotatable bonds is 7. The van der Waals surface area contributed by atoms with E-state index >= 15 is 0 Å². The maximum absolute atomic E-state index is 6.10. The highest BCUT2D eigenvalue weighted by Gasteiger charge is 2.39. The average Bonchev–Trinajstić information content (AvgIpc) is 3.29. The van der Waals surface area contributed by atoms with Crippen LogP contribution in [0.2, 0.25) is 5.02 Å². The normalized spacial score (nSPS) is 18.7. The fourth-order valence-corrected chi connectivity index (χ4v) is 3.47. The number of aliphatic imine (C=N–C) groups is 1. The van der Waals surface area contributed by atoms with Crippen molar-refractivity contribution in [3.63, 3.8) is 0 Å². The number of nitrogens with zero attached hydrogens (tertiary/aromatic N) is 3. The zero-order valence-corrected chi connectivity index (χ0v) is 19.3. The molecule has 1 aromatic heterocycles. The minimum atomic E-state index is 0. The molecule has 1 heterocycles. The van der Waals surface area contributed by atoms with E-state index in [1.807, 2.05) is 19.1 Å². The second kappa shape index (κ2) is 10.3. The first-order valence-electron chi connectivity index (χ1n) is 9.38. The number of halogens is 2. The molecule has 2 unspecified atom stereocenters. The van der Waals surface area contributed by atoms with E-state index in [1.54, 1.807) is 0 Å². The molecule has 0 radical (unpaired) electrons. The molecule has 0 saturated heterocycles. The Labute approximate surface area is 184 Å². The van der Waals surface area contributed by atoms with Crippen LogP contribution in [0.25, 0.3) is 0 Å². The van der Waals surface area contributed by atoms with Crippen molar-refractivity contribution in [1.82, 2.24) is 20.4 Å². The van der Waals surface area contributed by atoms with Gasteiger partial charge in [-0.3, -0.25) is 9.67 Å². The summed E-state index contributed by atoms with van der Waals surface area (Å²) in [6.45, 7) is 8.75. The van der Waals surface area contributed by atoms with Gasteiger partial charge in [-0.15, -0.1) is 24.0 Å². The average molecular weight is 502 g/mol. The Kier molecular flexibility index (Phi) is 8.41. The Morgan fingerprint density at radius 2 is 2.15 bits per heavy atom. The van der Waals surface area contributed by atoms with E-state index in [9.17, 15) is 0 Å². The Hall–Kier alpha value is -1.28. The third-order valence-electron chi connectivity index (χ3n) is 4.63. The van der Waals surface area contributed by atoms with E-state index in [1.165, 1.54) is 11.3 Å². The third-order valence-corrected chi connectivity index (χ3v) is 4.87. The van der Waals surface area contributed by atoms with E-state index in [4.69, 9.17) is 16.6 Å². The minimum Gasteiger partial charge on any atom is -0.357 e. The predicted octanol–water partition coefficient (Wildman–Crippen LogP) is 4.27. The van der Waals surface area contributed by atoms with Gasteiger partial charge in [0.25, 0.3) is 0 Å². The van der Waals surface area contributed by atoms with Crippen LogP contribution in [0.3, 0.4) is 0 Å². The topological polar surface area (TPSA) is 54.2 Å². The summed E-state index contributed by atoms with van der Waals surface area (Å²) in [6.07, 6.45) is 2.09. The van der Waals surface area contributed by atoms with Crippen LogP contribution in [0, 0.1) is 13.8 Å². The molecule has 0 aliphatic heterocycles. The Balaban J connectivity index is 0.00000261. The van der Waals surface area contributed by atoms with Crippen LogP contribution >= 0.6 is 35.6 Å². The first kappa shape index (κ1) is 22.0. The fraction of sp³-hybridized carbons (Fsp3) is 0.500. The zero-order chi connectivity index (χ0) is 18.5. The van der Waals surface area contributed by atoms with Gasteiger partial charge in [0, 0.05) is 42.3 Å². The van der Waals surface area contributed by atoms with Crippen molar-refractivity contribution in [2.45, 2.75) is 52.1 Å². The molecule has 1 aliphatic carbocycles. The summed E-state index contributed by atoms with van der Waals surface area (Å²) in [5.41, 5.74) is 3.58. The number of guanidine groups is 1. The quantitative estimate of drug-likeness (QED) is 0.258. The van der Waals surface area contributed by atoms with Crippen LogP contribution in [-0.4, -0.2) is 34.9 Å². The van der Waals surface area contributed by atoms with Crippen molar-refractivity contribution in [2.75, 3.05) is 13.1 Å². The van der Waals surface area contributed by atoms with Gasteiger partial charge in [-0.2, -0.15) is 5.10 Å². The molecule has 5 nitrogen and oxygen atoms in total. The van der Waals surface area contributed by atoms with Crippen LogP contribution in [0.1, 0.15) is 42.6 Å². The molecule has 2 aromatic rings. The number of nitrogens with one attached hydrogen (secondary N) is 2. The monoisotopic (exact) mass is 501 g/mol. The Morgan fingerprint density at radius 3 is 2.81 bits per heavy atom. The SMILES string of the molecule is CCNC(=NCCCn1nc(C)cc1C)NC1CC1c1cccc(Cl)c1.I. The first-order chi connectivity index (χ1) is 12.6. The van der Waals surface area contributed by atoms with E-state index in [2.05, 4.69) is 52.5 Å². The molecule has 0 amide bonds. The highest BCUT2D eigenvalue weighted by Crippen LogP contribution is 2.41. The summed E-state index contributed by atoms with van der Waals surface area (Å²) in [4.78, 5) is 4.72. The summed E-state index contributed by atoms with van der Waals surface area (Å²) < 4.78 is 2.06. The van der Waals surface area contributed by atoms with Crippen molar-refractivity contribution >= 4 is 41.5 Å². The van der Waals surface area contributed by atoms with Gasteiger partial charge < -0.3 is 10.6 Å². The van der Waals surface area contributed by atoms with Gasteiger partial charge in [-0.05, 0) is 57.4 Å². The van der Waals surface area contributed by atoms with Crippen molar-refractivity contribution in [3.05, 3.63) is 52.3 Å². The summed E-state index contributed by atoms with van der Waals surface area (Å²) in [7, 11) is 0. The molecule has 1 aliphatic rings. The molecule has 2 atom stereocenters. The van der Waals surface area contributed by atoms with E-state index in [-0.39, 0.29) is 24.0 Å². The second-order valence-corrected chi connectivity index (χ2v) is 7.35. The highest BCUT2D eigenvalue weighted by molar-refractivity contribution is 14.0. The maximum Gasteiger partial charge on any atom is 0.191 e. The summed E-state index contributed by atoms with van der Waals surface area (Å²) in [5, 5.41) is 12.2. The van der Waals surface area contributed by atoms with Gasteiger partial charge in [0.15, 0.2) is 5.96 Å². The second-order valence-electron chi connectivity index (χ2n) is 6.91. The molecule has 3 rings (SSSR count). The van der Waals surface area contributed by atoms with Crippen LogP contribution in [0.15, 0.2) is 35.3 Å². The molecule has 0 spiro atoms. The summed E-state index contributed by atoms with van der Waals surface area (Å²) >= 11 is 6.10. The van der Waals surface area contributed by atoms with Gasteiger partial charge in [-0.1, -0.05) is 23.7 Å². The van der Waals surface area contributed by atoms with Crippen molar-refractivity contribution < 1.29 is 0 Å². The van der Waals surface area contributed by atoms with Crippen LogP contribution in [0.5, 0.6) is 0 Å². The van der Waals surface area contributed by atoms with E-state index in [0.717, 1.165) is 49.2 Å². The lowest BCUT2D eigenvalue weighted by Gasteiger charge is -2.11. The molecule has 1 saturated carbocycles.